The van der Waals surface area contributed by atoms with Gasteiger partial charge in [-0.1, -0.05) is 41.9 Å². The van der Waals surface area contributed by atoms with E-state index in [1.54, 1.807) is 21.4 Å². The van der Waals surface area contributed by atoms with E-state index in [0.29, 0.717) is 42.6 Å². The van der Waals surface area contributed by atoms with Gasteiger partial charge in [0.25, 0.3) is 5.91 Å². The topological polar surface area (TPSA) is 70.5 Å². The molecule has 8 heteroatoms. The van der Waals surface area contributed by atoms with Gasteiger partial charge in [-0.2, -0.15) is 5.10 Å². The fourth-order valence-electron chi connectivity index (χ4n) is 3.68. The fraction of sp³-hybridized carbons (Fsp3) is 0.261. The fourth-order valence-corrected chi connectivity index (χ4v) is 4.03. The van der Waals surface area contributed by atoms with E-state index in [1.165, 1.54) is 0 Å². The number of piperazine rings is 1. The molecule has 160 valence electrons. The first kappa shape index (κ1) is 20.9. The Bertz CT molecular complexity index is 1100. The van der Waals surface area contributed by atoms with Gasteiger partial charge in [-0.3, -0.25) is 4.79 Å². The molecule has 1 aliphatic heterocycles. The number of urea groups is 1. The maximum absolute atomic E-state index is 13.2. The first-order valence-corrected chi connectivity index (χ1v) is 10.5. The van der Waals surface area contributed by atoms with Gasteiger partial charge >= 0.3 is 6.03 Å². The molecule has 31 heavy (non-hydrogen) atoms. The van der Waals surface area contributed by atoms with Crippen LogP contribution in [0.2, 0.25) is 5.15 Å². The molecule has 1 N–H and O–H groups in total. The molecule has 1 fully saturated rings. The van der Waals surface area contributed by atoms with Gasteiger partial charge in [0.2, 0.25) is 0 Å². The average Bonchev–Trinajstić information content (AvgIpc) is 3.08. The first-order chi connectivity index (χ1) is 14.9. The van der Waals surface area contributed by atoms with Crippen LogP contribution in [-0.4, -0.2) is 57.7 Å². The second-order valence-electron chi connectivity index (χ2n) is 7.58. The number of para-hydroxylation sites is 1. The van der Waals surface area contributed by atoms with Gasteiger partial charge in [0.05, 0.1) is 16.9 Å². The summed E-state index contributed by atoms with van der Waals surface area (Å²) in [6.45, 7) is 5.54. The van der Waals surface area contributed by atoms with Crippen LogP contribution in [0.5, 0.6) is 0 Å². The van der Waals surface area contributed by atoms with Gasteiger partial charge in [0.15, 0.2) is 0 Å². The molecule has 0 bridgehead atoms. The molecule has 0 unspecified atom stereocenters. The summed E-state index contributed by atoms with van der Waals surface area (Å²) in [6.07, 6.45) is 0. The minimum absolute atomic E-state index is 0.163. The number of rotatable bonds is 3. The number of carbonyl (C=O) groups excluding carboxylic acids is 2. The lowest BCUT2D eigenvalue weighted by molar-refractivity contribution is 0.0671. The highest BCUT2D eigenvalue weighted by Crippen LogP contribution is 2.25. The van der Waals surface area contributed by atoms with Crippen LogP contribution in [0.25, 0.3) is 5.69 Å². The Morgan fingerprint density at radius 3 is 2.29 bits per heavy atom. The summed E-state index contributed by atoms with van der Waals surface area (Å²) in [5.74, 6) is -0.163. The van der Waals surface area contributed by atoms with Crippen molar-refractivity contribution in [3.63, 3.8) is 0 Å². The van der Waals surface area contributed by atoms with E-state index in [0.717, 1.165) is 16.9 Å². The highest BCUT2D eigenvalue weighted by atomic mass is 35.5. The van der Waals surface area contributed by atoms with E-state index in [2.05, 4.69) is 10.4 Å². The van der Waals surface area contributed by atoms with Gasteiger partial charge in [0.1, 0.15) is 5.15 Å². The molecule has 0 aliphatic carbocycles. The van der Waals surface area contributed by atoms with Crippen molar-refractivity contribution in [3.05, 3.63) is 76.6 Å². The molecule has 7 nitrogen and oxygen atoms in total. The number of hydrogen-bond acceptors (Lipinski definition) is 3. The summed E-state index contributed by atoms with van der Waals surface area (Å²) < 4.78 is 1.58. The zero-order valence-corrected chi connectivity index (χ0v) is 18.3. The molecule has 1 saturated heterocycles. The molecule has 2 aromatic carbocycles. The van der Waals surface area contributed by atoms with Crippen molar-refractivity contribution in [3.8, 4) is 5.69 Å². The van der Waals surface area contributed by atoms with Crippen LogP contribution in [0.15, 0.2) is 54.6 Å². The van der Waals surface area contributed by atoms with Crippen molar-refractivity contribution in [1.82, 2.24) is 19.6 Å². The summed E-state index contributed by atoms with van der Waals surface area (Å²) in [6, 6.07) is 17.0. The number of carbonyl (C=O) groups is 2. The van der Waals surface area contributed by atoms with Crippen molar-refractivity contribution in [2.75, 3.05) is 31.5 Å². The molecule has 4 rings (SSSR count). The SMILES string of the molecule is Cc1cccc(NC(=O)N2CCN(C(=O)c3c(C)nn(-c4ccccc4)c3Cl)CC2)c1. The van der Waals surface area contributed by atoms with E-state index in [4.69, 9.17) is 11.6 Å². The summed E-state index contributed by atoms with van der Waals surface area (Å²) in [5.41, 5.74) is 3.63. The molecular weight excluding hydrogens is 414 g/mol. The first-order valence-electron chi connectivity index (χ1n) is 10.2. The molecule has 1 aliphatic rings. The van der Waals surface area contributed by atoms with Crippen molar-refractivity contribution in [2.24, 2.45) is 0 Å². The van der Waals surface area contributed by atoms with Crippen molar-refractivity contribution in [1.29, 1.82) is 0 Å². The molecular formula is C23H24ClN5O2. The third kappa shape index (κ3) is 4.41. The quantitative estimate of drug-likeness (QED) is 0.669. The number of nitrogens with one attached hydrogen (secondary N) is 1. The van der Waals surface area contributed by atoms with Gasteiger partial charge in [-0.15, -0.1) is 0 Å². The van der Waals surface area contributed by atoms with Crippen LogP contribution in [0.4, 0.5) is 10.5 Å². The molecule has 3 amide bonds. The van der Waals surface area contributed by atoms with Gasteiger partial charge in [-0.25, -0.2) is 9.48 Å². The highest BCUT2D eigenvalue weighted by molar-refractivity contribution is 6.33. The largest absolute Gasteiger partial charge is 0.335 e. The number of hydrogen-bond donors (Lipinski definition) is 1. The monoisotopic (exact) mass is 437 g/mol. The Kier molecular flexibility index (Phi) is 5.95. The van der Waals surface area contributed by atoms with Crippen molar-refractivity contribution < 1.29 is 9.59 Å². The Morgan fingerprint density at radius 2 is 1.61 bits per heavy atom. The Morgan fingerprint density at radius 1 is 0.935 bits per heavy atom. The van der Waals surface area contributed by atoms with Gasteiger partial charge in [-0.05, 0) is 43.7 Å². The van der Waals surface area contributed by atoms with E-state index in [1.807, 2.05) is 61.5 Å². The third-order valence-corrected chi connectivity index (χ3v) is 5.69. The lowest BCUT2D eigenvalue weighted by Crippen LogP contribution is -2.51. The van der Waals surface area contributed by atoms with Crippen molar-refractivity contribution >= 4 is 29.2 Å². The number of nitrogens with zero attached hydrogens (tertiary/aromatic N) is 4. The average molecular weight is 438 g/mol. The second-order valence-corrected chi connectivity index (χ2v) is 7.94. The molecule has 0 spiro atoms. The van der Waals surface area contributed by atoms with Gasteiger partial charge in [0, 0.05) is 31.9 Å². The predicted octanol–water partition coefficient (Wildman–Crippen LogP) is 4.13. The molecule has 1 aromatic heterocycles. The van der Waals surface area contributed by atoms with Crippen LogP contribution >= 0.6 is 11.6 Å². The lowest BCUT2D eigenvalue weighted by atomic mass is 10.2. The smallest absolute Gasteiger partial charge is 0.321 e. The van der Waals surface area contributed by atoms with Crippen molar-refractivity contribution in [2.45, 2.75) is 13.8 Å². The number of anilines is 1. The number of aromatic nitrogens is 2. The minimum Gasteiger partial charge on any atom is -0.335 e. The predicted molar refractivity (Wildman–Crippen MR) is 121 cm³/mol. The van der Waals surface area contributed by atoms with Crippen LogP contribution in [0.1, 0.15) is 21.6 Å². The molecule has 0 atom stereocenters. The van der Waals surface area contributed by atoms with E-state index < -0.39 is 0 Å². The normalized spacial score (nSPS) is 13.9. The minimum atomic E-state index is -0.163. The Labute approximate surface area is 186 Å². The maximum atomic E-state index is 13.2. The Hall–Kier alpha value is -3.32. The van der Waals surface area contributed by atoms with E-state index in [9.17, 15) is 9.59 Å². The molecule has 3 aromatic rings. The third-order valence-electron chi connectivity index (χ3n) is 5.34. The van der Waals surface area contributed by atoms with Crippen LogP contribution in [0.3, 0.4) is 0 Å². The standard InChI is InChI=1S/C23H24ClN5O2/c1-16-7-6-8-18(15-16)25-23(31)28-13-11-27(12-14-28)22(30)20-17(2)26-29(21(20)24)19-9-4-3-5-10-19/h3-10,15H,11-14H2,1-2H3,(H,25,31). The van der Waals surface area contributed by atoms with E-state index in [-0.39, 0.29) is 11.9 Å². The second kappa shape index (κ2) is 8.81. The van der Waals surface area contributed by atoms with Gasteiger partial charge < -0.3 is 15.1 Å². The number of benzene rings is 2. The number of amides is 3. The summed E-state index contributed by atoms with van der Waals surface area (Å²) in [5, 5.41) is 7.67. The molecule has 2 heterocycles. The van der Waals surface area contributed by atoms with Crippen LogP contribution in [-0.2, 0) is 0 Å². The zero-order chi connectivity index (χ0) is 22.0. The maximum Gasteiger partial charge on any atom is 0.321 e. The van der Waals surface area contributed by atoms with E-state index >= 15 is 0 Å². The number of halogens is 1. The summed E-state index contributed by atoms with van der Waals surface area (Å²) in [4.78, 5) is 29.2. The Balaban J connectivity index is 1.42. The molecule has 0 radical (unpaired) electrons. The lowest BCUT2D eigenvalue weighted by Gasteiger charge is -2.34. The zero-order valence-electron chi connectivity index (χ0n) is 17.5. The molecule has 0 saturated carbocycles. The summed E-state index contributed by atoms with van der Waals surface area (Å²) >= 11 is 6.54. The van der Waals surface area contributed by atoms with Crippen LogP contribution < -0.4 is 5.32 Å². The number of aryl methyl sites for hydroxylation is 2. The van der Waals surface area contributed by atoms with Crippen LogP contribution in [0, 0.1) is 13.8 Å². The summed E-state index contributed by atoms with van der Waals surface area (Å²) in [7, 11) is 0. The highest BCUT2D eigenvalue weighted by Gasteiger charge is 2.29.